The Bertz CT molecular complexity index is 347. The second kappa shape index (κ2) is 10.8. The van der Waals surface area contributed by atoms with E-state index in [-0.39, 0.29) is 42.3 Å². The zero-order valence-electron chi connectivity index (χ0n) is 14.9. The Kier molecular flexibility index (Phi) is 10.7. The third kappa shape index (κ3) is 6.77. The third-order valence-corrected chi connectivity index (χ3v) is 5.27. The highest BCUT2D eigenvalue weighted by atomic mass is 35.5. The molecule has 1 amide bonds. The van der Waals surface area contributed by atoms with Crippen LogP contribution in [0.25, 0.3) is 0 Å². The normalized spacial score (nSPS) is 25.9. The number of carbonyl (C=O) groups excluding carboxylic acids is 1. The second-order valence-corrected chi connectivity index (χ2v) is 7.40. The molecule has 23 heavy (non-hydrogen) atoms. The molecule has 0 bridgehead atoms. The highest BCUT2D eigenvalue weighted by molar-refractivity contribution is 5.85. The van der Waals surface area contributed by atoms with Crippen LogP contribution in [0.5, 0.6) is 0 Å². The van der Waals surface area contributed by atoms with E-state index in [9.17, 15) is 4.79 Å². The quantitative estimate of drug-likeness (QED) is 0.784. The Labute approximate surface area is 154 Å². The van der Waals surface area contributed by atoms with Crippen LogP contribution in [0.4, 0.5) is 0 Å². The lowest BCUT2D eigenvalue weighted by atomic mass is 9.91. The van der Waals surface area contributed by atoms with E-state index in [4.69, 9.17) is 0 Å². The number of halogens is 2. The zero-order valence-corrected chi connectivity index (χ0v) is 16.5. The average Bonchev–Trinajstić information content (AvgIpc) is 2.53. The van der Waals surface area contributed by atoms with Gasteiger partial charge in [-0.1, -0.05) is 19.8 Å². The van der Waals surface area contributed by atoms with Crippen LogP contribution in [-0.4, -0.2) is 48.6 Å². The Balaban J connectivity index is 0.00000242. The Morgan fingerprint density at radius 3 is 2.57 bits per heavy atom. The minimum atomic E-state index is 0. The molecule has 4 nitrogen and oxygen atoms in total. The standard InChI is InChI=1S/C17H33N3O.2ClH/c1-4-14-8-7-11-20(12-14)17(2,3)13-19-16(21)15-9-5-6-10-18-15;;/h14-15,18H,4-13H2,1-3H3,(H,19,21);2*1H/t14?,15-;;/m1../s1. The predicted octanol–water partition coefficient (Wildman–Crippen LogP) is 2.99. The van der Waals surface area contributed by atoms with Gasteiger partial charge >= 0.3 is 0 Å². The number of carbonyl (C=O) groups is 1. The first-order chi connectivity index (χ1) is 10.0. The fourth-order valence-electron chi connectivity index (χ4n) is 3.56. The summed E-state index contributed by atoms with van der Waals surface area (Å²) in [5.41, 5.74) is 0.0537. The molecule has 2 saturated heterocycles. The van der Waals surface area contributed by atoms with Crippen molar-refractivity contribution in [1.82, 2.24) is 15.5 Å². The number of hydrogen-bond acceptors (Lipinski definition) is 3. The van der Waals surface area contributed by atoms with Gasteiger partial charge < -0.3 is 10.6 Å². The average molecular weight is 368 g/mol. The van der Waals surface area contributed by atoms with Gasteiger partial charge in [0, 0.05) is 18.6 Å². The van der Waals surface area contributed by atoms with E-state index in [0.717, 1.165) is 25.4 Å². The molecule has 2 fully saturated rings. The fraction of sp³-hybridized carbons (Fsp3) is 0.941. The first kappa shape index (κ1) is 23.0. The van der Waals surface area contributed by atoms with Gasteiger partial charge in [-0.3, -0.25) is 9.69 Å². The lowest BCUT2D eigenvalue weighted by molar-refractivity contribution is -0.124. The monoisotopic (exact) mass is 367 g/mol. The number of amides is 1. The molecule has 2 atom stereocenters. The Morgan fingerprint density at radius 2 is 1.96 bits per heavy atom. The third-order valence-electron chi connectivity index (χ3n) is 5.27. The van der Waals surface area contributed by atoms with Crippen LogP contribution in [0.1, 0.15) is 59.3 Å². The van der Waals surface area contributed by atoms with Crippen molar-refractivity contribution in [2.45, 2.75) is 70.9 Å². The van der Waals surface area contributed by atoms with E-state index >= 15 is 0 Å². The van der Waals surface area contributed by atoms with Crippen LogP contribution >= 0.6 is 24.8 Å². The molecule has 0 radical (unpaired) electrons. The molecule has 0 aromatic carbocycles. The summed E-state index contributed by atoms with van der Waals surface area (Å²) in [5, 5.41) is 6.50. The molecule has 2 heterocycles. The number of piperidine rings is 2. The van der Waals surface area contributed by atoms with Gasteiger partial charge in [0.25, 0.3) is 0 Å². The van der Waals surface area contributed by atoms with E-state index in [1.807, 2.05) is 0 Å². The van der Waals surface area contributed by atoms with Gasteiger partial charge in [-0.2, -0.15) is 0 Å². The molecule has 2 aliphatic heterocycles. The summed E-state index contributed by atoms with van der Waals surface area (Å²) in [6, 6.07) is 0.0271. The molecule has 138 valence electrons. The van der Waals surface area contributed by atoms with Crippen LogP contribution < -0.4 is 10.6 Å². The molecule has 0 spiro atoms. The van der Waals surface area contributed by atoms with Crippen molar-refractivity contribution in [3.05, 3.63) is 0 Å². The van der Waals surface area contributed by atoms with Crippen molar-refractivity contribution >= 4 is 30.7 Å². The summed E-state index contributed by atoms with van der Waals surface area (Å²) < 4.78 is 0. The smallest absolute Gasteiger partial charge is 0.237 e. The molecule has 0 aromatic rings. The zero-order chi connectivity index (χ0) is 15.3. The molecule has 1 unspecified atom stereocenters. The maximum absolute atomic E-state index is 12.3. The molecule has 0 aromatic heterocycles. The maximum atomic E-state index is 12.3. The number of nitrogens with zero attached hydrogens (tertiary/aromatic N) is 1. The lowest BCUT2D eigenvalue weighted by Crippen LogP contribution is -2.57. The van der Waals surface area contributed by atoms with Crippen molar-refractivity contribution in [3.8, 4) is 0 Å². The topological polar surface area (TPSA) is 44.4 Å². The van der Waals surface area contributed by atoms with Crippen molar-refractivity contribution in [3.63, 3.8) is 0 Å². The summed E-state index contributed by atoms with van der Waals surface area (Å²) >= 11 is 0. The first-order valence-corrected chi connectivity index (χ1v) is 8.79. The number of rotatable bonds is 5. The van der Waals surface area contributed by atoms with Crippen molar-refractivity contribution in [2.75, 3.05) is 26.2 Å². The fourth-order valence-corrected chi connectivity index (χ4v) is 3.56. The molecule has 0 aliphatic carbocycles. The van der Waals surface area contributed by atoms with Crippen molar-refractivity contribution in [1.29, 1.82) is 0 Å². The predicted molar refractivity (Wildman–Crippen MR) is 102 cm³/mol. The SMILES string of the molecule is CCC1CCCN(C(C)(C)CNC(=O)[C@H]2CCCCN2)C1.Cl.Cl. The summed E-state index contributed by atoms with van der Waals surface area (Å²) in [4.78, 5) is 14.8. The molecule has 6 heteroatoms. The van der Waals surface area contributed by atoms with E-state index in [1.165, 1.54) is 45.2 Å². The van der Waals surface area contributed by atoms with Gasteiger partial charge in [-0.25, -0.2) is 0 Å². The lowest BCUT2D eigenvalue weighted by Gasteiger charge is -2.43. The molecular weight excluding hydrogens is 333 g/mol. The van der Waals surface area contributed by atoms with Gasteiger partial charge in [-0.15, -0.1) is 24.8 Å². The van der Waals surface area contributed by atoms with Crippen LogP contribution in [0.15, 0.2) is 0 Å². The van der Waals surface area contributed by atoms with Gasteiger partial charge in [-0.05, 0) is 58.5 Å². The molecule has 2 aliphatic rings. The van der Waals surface area contributed by atoms with Crippen LogP contribution in [0, 0.1) is 5.92 Å². The van der Waals surface area contributed by atoms with Gasteiger partial charge in [0.15, 0.2) is 0 Å². The Hall–Kier alpha value is -0.0300. The minimum Gasteiger partial charge on any atom is -0.353 e. The van der Waals surface area contributed by atoms with Gasteiger partial charge in [0.1, 0.15) is 0 Å². The summed E-state index contributed by atoms with van der Waals surface area (Å²) in [6.07, 6.45) is 7.26. The van der Waals surface area contributed by atoms with E-state index < -0.39 is 0 Å². The van der Waals surface area contributed by atoms with Gasteiger partial charge in [0.2, 0.25) is 5.91 Å². The molecule has 2 rings (SSSR count). The van der Waals surface area contributed by atoms with Crippen molar-refractivity contribution in [2.24, 2.45) is 5.92 Å². The second-order valence-electron chi connectivity index (χ2n) is 7.40. The number of nitrogens with one attached hydrogen (secondary N) is 2. The largest absolute Gasteiger partial charge is 0.353 e. The van der Waals surface area contributed by atoms with E-state index in [2.05, 4.69) is 36.3 Å². The molecule has 0 saturated carbocycles. The first-order valence-electron chi connectivity index (χ1n) is 8.79. The van der Waals surface area contributed by atoms with E-state index in [0.29, 0.717) is 0 Å². The van der Waals surface area contributed by atoms with Gasteiger partial charge in [0.05, 0.1) is 6.04 Å². The van der Waals surface area contributed by atoms with E-state index in [1.54, 1.807) is 0 Å². The summed E-state index contributed by atoms with van der Waals surface area (Å²) in [7, 11) is 0. The molecule has 2 N–H and O–H groups in total. The summed E-state index contributed by atoms with van der Waals surface area (Å²) in [5.74, 6) is 1.01. The Morgan fingerprint density at radius 1 is 1.22 bits per heavy atom. The maximum Gasteiger partial charge on any atom is 0.237 e. The number of hydrogen-bond donors (Lipinski definition) is 2. The minimum absolute atomic E-state index is 0. The van der Waals surface area contributed by atoms with Crippen LogP contribution in [-0.2, 0) is 4.79 Å². The number of likely N-dealkylation sites (tertiary alicyclic amines) is 1. The van der Waals surface area contributed by atoms with Crippen LogP contribution in [0.3, 0.4) is 0 Å². The molecular formula is C17H35Cl2N3O. The van der Waals surface area contributed by atoms with Crippen LogP contribution in [0.2, 0.25) is 0 Å². The highest BCUT2D eigenvalue weighted by Gasteiger charge is 2.32. The summed E-state index contributed by atoms with van der Waals surface area (Å²) in [6.45, 7) is 10.9. The highest BCUT2D eigenvalue weighted by Crippen LogP contribution is 2.25. The van der Waals surface area contributed by atoms with Crippen molar-refractivity contribution < 1.29 is 4.79 Å².